The summed E-state index contributed by atoms with van der Waals surface area (Å²) < 4.78 is 9.85. The Labute approximate surface area is 126 Å². The third-order valence-electron chi connectivity index (χ3n) is 2.40. The van der Waals surface area contributed by atoms with Gasteiger partial charge in [-0.05, 0) is 38.4 Å². The van der Waals surface area contributed by atoms with Crippen molar-refractivity contribution in [3.63, 3.8) is 0 Å². The second kappa shape index (κ2) is 6.22. The molecule has 1 amide bonds. The number of carbonyl (C=O) groups excluding carboxylic acids is 1. The van der Waals surface area contributed by atoms with E-state index in [1.54, 1.807) is 6.07 Å². The molecule has 21 heavy (non-hydrogen) atoms. The van der Waals surface area contributed by atoms with Gasteiger partial charge < -0.3 is 15.6 Å². The van der Waals surface area contributed by atoms with Gasteiger partial charge in [-0.15, -0.1) is 0 Å². The van der Waals surface area contributed by atoms with Crippen LogP contribution in [0.5, 0.6) is 11.5 Å². The minimum atomic E-state index is -0.660. The molecule has 9 nitrogen and oxygen atoms in total. The molecule has 0 saturated heterocycles. The number of phenols is 1. The van der Waals surface area contributed by atoms with Crippen molar-refractivity contribution in [3.05, 3.63) is 27.9 Å². The average Bonchev–Trinajstić information content (AvgIpc) is 2.87. The Morgan fingerprint density at radius 1 is 1.57 bits per heavy atom. The summed E-state index contributed by atoms with van der Waals surface area (Å²) >= 11 is 3.25. The molecule has 0 saturated carbocycles. The summed E-state index contributed by atoms with van der Waals surface area (Å²) in [6, 6.07) is 2.99. The van der Waals surface area contributed by atoms with Gasteiger partial charge in [0.1, 0.15) is 0 Å². The van der Waals surface area contributed by atoms with Gasteiger partial charge in [-0.2, -0.15) is 5.10 Å². The second-order valence-electron chi connectivity index (χ2n) is 3.74. The van der Waals surface area contributed by atoms with Gasteiger partial charge in [0, 0.05) is 10.0 Å². The number of ether oxygens (including phenoxy) is 1. The van der Waals surface area contributed by atoms with Gasteiger partial charge in [0.25, 0.3) is 5.91 Å². The van der Waals surface area contributed by atoms with Gasteiger partial charge >= 0.3 is 0 Å². The van der Waals surface area contributed by atoms with Crippen molar-refractivity contribution in [2.45, 2.75) is 0 Å². The van der Waals surface area contributed by atoms with Gasteiger partial charge in [-0.1, -0.05) is 0 Å². The van der Waals surface area contributed by atoms with Crippen LogP contribution in [0.25, 0.3) is 0 Å². The SMILES string of the molecule is COc1cc(C=NNC(=O)c2nonc2N)c(Br)cc1O. The highest BCUT2D eigenvalue weighted by atomic mass is 79.9. The number of anilines is 1. The van der Waals surface area contributed by atoms with Gasteiger partial charge in [0.15, 0.2) is 11.5 Å². The predicted octanol–water partition coefficient (Wildman–Crippen LogP) is 0.892. The van der Waals surface area contributed by atoms with E-state index in [0.29, 0.717) is 10.0 Å². The molecule has 0 atom stereocenters. The van der Waals surface area contributed by atoms with Gasteiger partial charge in [0.05, 0.1) is 13.3 Å². The minimum absolute atomic E-state index is 0.0213. The molecule has 1 heterocycles. The molecule has 110 valence electrons. The zero-order chi connectivity index (χ0) is 15.4. The van der Waals surface area contributed by atoms with E-state index in [0.717, 1.165) is 0 Å². The number of nitrogens with one attached hydrogen (secondary N) is 1. The lowest BCUT2D eigenvalue weighted by molar-refractivity contribution is 0.0946. The predicted molar refractivity (Wildman–Crippen MR) is 76.1 cm³/mol. The molecular weight excluding hydrogens is 346 g/mol. The van der Waals surface area contributed by atoms with Crippen LogP contribution in [0.4, 0.5) is 5.82 Å². The third kappa shape index (κ3) is 3.28. The third-order valence-corrected chi connectivity index (χ3v) is 3.08. The Balaban J connectivity index is 2.12. The number of rotatable bonds is 4. The summed E-state index contributed by atoms with van der Waals surface area (Å²) in [4.78, 5) is 11.6. The number of hydrogen-bond donors (Lipinski definition) is 3. The molecule has 10 heteroatoms. The molecule has 1 aromatic carbocycles. The standard InChI is InChI=1S/C11H10BrN5O4/c1-20-8-2-5(6(12)3-7(8)18)4-14-15-11(19)9-10(13)17-21-16-9/h2-4,18H,1H3,(H2,13,17)(H,15,19). The molecule has 0 unspecified atom stereocenters. The summed E-state index contributed by atoms with van der Waals surface area (Å²) in [6.07, 6.45) is 1.35. The molecule has 0 bridgehead atoms. The van der Waals surface area contributed by atoms with E-state index in [-0.39, 0.29) is 23.0 Å². The maximum absolute atomic E-state index is 11.6. The molecule has 2 aromatic rings. The van der Waals surface area contributed by atoms with Crippen molar-refractivity contribution in [2.24, 2.45) is 5.10 Å². The Bertz CT molecular complexity index is 700. The highest BCUT2D eigenvalue weighted by molar-refractivity contribution is 9.10. The quantitative estimate of drug-likeness (QED) is 0.547. The van der Waals surface area contributed by atoms with Crippen molar-refractivity contribution in [2.75, 3.05) is 12.8 Å². The van der Waals surface area contributed by atoms with Crippen molar-refractivity contribution < 1.29 is 19.3 Å². The Morgan fingerprint density at radius 3 is 2.95 bits per heavy atom. The first-order chi connectivity index (χ1) is 10.0. The lowest BCUT2D eigenvalue weighted by Crippen LogP contribution is -2.19. The lowest BCUT2D eigenvalue weighted by atomic mass is 10.2. The lowest BCUT2D eigenvalue weighted by Gasteiger charge is -2.06. The molecule has 0 aliphatic rings. The van der Waals surface area contributed by atoms with Crippen LogP contribution < -0.4 is 15.9 Å². The Morgan fingerprint density at radius 2 is 2.33 bits per heavy atom. The zero-order valence-corrected chi connectivity index (χ0v) is 12.3. The number of amides is 1. The van der Waals surface area contributed by atoms with Crippen LogP contribution >= 0.6 is 15.9 Å². The van der Waals surface area contributed by atoms with Crippen molar-refractivity contribution in [1.82, 2.24) is 15.7 Å². The number of halogens is 1. The average molecular weight is 356 g/mol. The van der Waals surface area contributed by atoms with E-state index in [2.05, 4.69) is 41.4 Å². The van der Waals surface area contributed by atoms with Crippen LogP contribution in [0.3, 0.4) is 0 Å². The first-order valence-electron chi connectivity index (χ1n) is 5.51. The number of nitrogens with two attached hydrogens (primary N) is 1. The van der Waals surface area contributed by atoms with E-state index in [4.69, 9.17) is 10.5 Å². The number of phenolic OH excluding ortho intramolecular Hbond substituents is 1. The fourth-order valence-corrected chi connectivity index (χ4v) is 1.82. The van der Waals surface area contributed by atoms with E-state index in [9.17, 15) is 9.90 Å². The Hall–Kier alpha value is -2.62. The summed E-state index contributed by atoms with van der Waals surface area (Å²) in [6.45, 7) is 0. The summed E-state index contributed by atoms with van der Waals surface area (Å²) in [5.74, 6) is -0.537. The van der Waals surface area contributed by atoms with Crippen LogP contribution in [-0.4, -0.2) is 34.7 Å². The van der Waals surface area contributed by atoms with Crippen LogP contribution in [0.1, 0.15) is 16.1 Å². The van der Waals surface area contributed by atoms with Crippen LogP contribution in [0, 0.1) is 0 Å². The molecule has 0 spiro atoms. The van der Waals surface area contributed by atoms with Crippen LogP contribution in [0.15, 0.2) is 26.3 Å². The van der Waals surface area contributed by atoms with Gasteiger partial charge in [0.2, 0.25) is 11.5 Å². The van der Waals surface area contributed by atoms with E-state index < -0.39 is 5.91 Å². The first-order valence-corrected chi connectivity index (χ1v) is 6.30. The minimum Gasteiger partial charge on any atom is -0.504 e. The van der Waals surface area contributed by atoms with Gasteiger partial charge in [-0.3, -0.25) is 4.79 Å². The molecule has 2 rings (SSSR count). The fourth-order valence-electron chi connectivity index (χ4n) is 1.39. The largest absolute Gasteiger partial charge is 0.504 e. The fraction of sp³-hybridized carbons (Fsp3) is 0.0909. The van der Waals surface area contributed by atoms with E-state index in [1.165, 1.54) is 19.4 Å². The number of methoxy groups -OCH3 is 1. The number of carbonyl (C=O) groups is 1. The molecule has 0 radical (unpaired) electrons. The summed E-state index contributed by atoms with van der Waals surface area (Å²) in [7, 11) is 1.42. The number of nitrogens with zero attached hydrogens (tertiary/aromatic N) is 3. The highest BCUT2D eigenvalue weighted by Gasteiger charge is 2.15. The van der Waals surface area contributed by atoms with E-state index >= 15 is 0 Å². The summed E-state index contributed by atoms with van der Waals surface area (Å²) in [5, 5.41) is 19.9. The highest BCUT2D eigenvalue weighted by Crippen LogP contribution is 2.31. The zero-order valence-electron chi connectivity index (χ0n) is 10.7. The van der Waals surface area contributed by atoms with Gasteiger partial charge in [-0.25, -0.2) is 10.1 Å². The second-order valence-corrected chi connectivity index (χ2v) is 4.60. The van der Waals surface area contributed by atoms with Crippen LogP contribution in [-0.2, 0) is 0 Å². The Kier molecular flexibility index (Phi) is 4.38. The van der Waals surface area contributed by atoms with Crippen LogP contribution in [0.2, 0.25) is 0 Å². The molecule has 4 N–H and O–H groups in total. The van der Waals surface area contributed by atoms with Crippen molar-refractivity contribution in [3.8, 4) is 11.5 Å². The number of hydrazone groups is 1. The summed E-state index contributed by atoms with van der Waals surface area (Å²) in [5.41, 5.74) is 8.01. The normalized spacial score (nSPS) is 10.8. The van der Waals surface area contributed by atoms with Crippen molar-refractivity contribution >= 4 is 33.9 Å². The molecular formula is C11H10BrN5O4. The number of hydrogen-bond acceptors (Lipinski definition) is 8. The monoisotopic (exact) mass is 355 g/mol. The number of benzene rings is 1. The molecule has 0 aliphatic carbocycles. The van der Waals surface area contributed by atoms with Crippen molar-refractivity contribution in [1.29, 1.82) is 0 Å². The number of aromatic hydroxyl groups is 1. The molecule has 0 fully saturated rings. The maximum atomic E-state index is 11.6. The number of aromatic nitrogens is 2. The topological polar surface area (TPSA) is 136 Å². The van der Waals surface area contributed by atoms with E-state index in [1.807, 2.05) is 0 Å². The maximum Gasteiger partial charge on any atom is 0.297 e. The number of nitrogen functional groups attached to an aromatic ring is 1. The first kappa shape index (κ1) is 14.8. The molecule has 1 aromatic heterocycles. The molecule has 0 aliphatic heterocycles. The smallest absolute Gasteiger partial charge is 0.297 e.